The molecule has 0 saturated heterocycles. The lowest BCUT2D eigenvalue weighted by Crippen LogP contribution is -2.04. The van der Waals surface area contributed by atoms with E-state index >= 15 is 0 Å². The molecule has 0 heterocycles. The summed E-state index contributed by atoms with van der Waals surface area (Å²) >= 11 is 13.4. The molecular weight excluding hydrogens is 349 g/mol. The van der Waals surface area contributed by atoms with Gasteiger partial charge in [-0.1, -0.05) is 52.7 Å². The maximum absolute atomic E-state index is 12.0. The number of anilines is 1. The van der Waals surface area contributed by atoms with Crippen LogP contribution in [0.5, 0.6) is 0 Å². The first-order valence-corrected chi connectivity index (χ1v) is 8.62. The average molecular weight is 366 g/mol. The van der Waals surface area contributed by atoms with Crippen LogP contribution in [-0.4, -0.2) is 5.78 Å². The number of carbonyl (C=O) groups is 1. The number of carbonyl (C=O) groups excluding carboxylic acids is 1. The molecule has 120 valence electrons. The fraction of sp³-hybridized carbons (Fsp3) is 0.167. The number of hydrogen-bond donors (Lipinski definition) is 1. The number of aryl methyl sites for hydroxylation is 1. The maximum atomic E-state index is 12.0. The summed E-state index contributed by atoms with van der Waals surface area (Å²) in [6.45, 7) is 5.47. The summed E-state index contributed by atoms with van der Waals surface area (Å²) in [4.78, 5) is 13.5. The van der Waals surface area contributed by atoms with E-state index < -0.39 is 0 Å². The van der Waals surface area contributed by atoms with Crippen LogP contribution >= 0.6 is 35.0 Å². The van der Waals surface area contributed by atoms with Gasteiger partial charge in [-0.15, -0.1) is 0 Å². The van der Waals surface area contributed by atoms with Gasteiger partial charge in [-0.25, -0.2) is 0 Å². The Labute approximate surface area is 150 Å². The van der Waals surface area contributed by atoms with E-state index in [-0.39, 0.29) is 5.78 Å². The Kier molecular flexibility index (Phi) is 6.17. The predicted octanol–water partition coefficient (Wildman–Crippen LogP) is 6.33. The van der Waals surface area contributed by atoms with E-state index in [1.54, 1.807) is 25.1 Å². The Hall–Kier alpha value is -1.42. The summed E-state index contributed by atoms with van der Waals surface area (Å²) < 4.78 is 0. The van der Waals surface area contributed by atoms with Crippen molar-refractivity contribution < 1.29 is 4.79 Å². The van der Waals surface area contributed by atoms with E-state index in [9.17, 15) is 4.79 Å². The van der Waals surface area contributed by atoms with Crippen LogP contribution in [0.4, 0.5) is 5.69 Å². The molecule has 0 aromatic heterocycles. The molecule has 23 heavy (non-hydrogen) atoms. The lowest BCUT2D eigenvalue weighted by atomic mass is 10.2. The van der Waals surface area contributed by atoms with Crippen molar-refractivity contribution in [3.8, 4) is 0 Å². The van der Waals surface area contributed by atoms with Crippen LogP contribution in [0.3, 0.4) is 0 Å². The summed E-state index contributed by atoms with van der Waals surface area (Å²) in [5, 5.41) is 4.37. The van der Waals surface area contributed by atoms with E-state index in [1.165, 1.54) is 17.3 Å². The lowest BCUT2D eigenvalue weighted by Gasteiger charge is -2.12. The first kappa shape index (κ1) is 17.9. The van der Waals surface area contributed by atoms with Gasteiger partial charge < -0.3 is 5.32 Å². The first-order valence-electron chi connectivity index (χ1n) is 7.04. The lowest BCUT2D eigenvalue weighted by molar-refractivity contribution is -0.113. The molecule has 0 fully saturated rings. The molecule has 0 aliphatic rings. The van der Waals surface area contributed by atoms with Crippen molar-refractivity contribution in [2.24, 2.45) is 0 Å². The van der Waals surface area contributed by atoms with Crippen LogP contribution in [0.25, 0.3) is 0 Å². The van der Waals surface area contributed by atoms with Crippen molar-refractivity contribution in [3.63, 3.8) is 0 Å². The molecule has 0 aliphatic heterocycles. The van der Waals surface area contributed by atoms with E-state index in [0.29, 0.717) is 15.0 Å². The SMILES string of the molecule is CC(=O)/C(Sc1cc(Cl)cc(Cl)c1)=C(/C)Nc1ccc(C)cc1. The van der Waals surface area contributed by atoms with Gasteiger partial charge in [0.25, 0.3) is 0 Å². The molecule has 2 aromatic carbocycles. The molecule has 2 aromatic rings. The zero-order valence-corrected chi connectivity index (χ0v) is 15.4. The van der Waals surface area contributed by atoms with E-state index in [4.69, 9.17) is 23.2 Å². The molecule has 2 rings (SSSR count). The second-order valence-corrected chi connectivity index (χ2v) is 7.17. The van der Waals surface area contributed by atoms with Gasteiger partial charge in [-0.3, -0.25) is 4.79 Å². The first-order chi connectivity index (χ1) is 10.8. The van der Waals surface area contributed by atoms with E-state index in [0.717, 1.165) is 16.3 Å². The third-order valence-corrected chi connectivity index (χ3v) is 4.81. The predicted molar refractivity (Wildman–Crippen MR) is 101 cm³/mol. The number of allylic oxidation sites excluding steroid dienone is 2. The highest BCUT2D eigenvalue weighted by Gasteiger charge is 2.12. The van der Waals surface area contributed by atoms with Gasteiger partial charge in [0.2, 0.25) is 0 Å². The van der Waals surface area contributed by atoms with Gasteiger partial charge in [0.1, 0.15) is 0 Å². The van der Waals surface area contributed by atoms with Crippen molar-refractivity contribution in [1.29, 1.82) is 0 Å². The average Bonchev–Trinajstić information content (AvgIpc) is 2.45. The second kappa shape index (κ2) is 7.91. The Morgan fingerprint density at radius 1 is 1.00 bits per heavy atom. The van der Waals surface area contributed by atoms with Crippen molar-refractivity contribution in [2.45, 2.75) is 25.7 Å². The van der Waals surface area contributed by atoms with E-state index in [1.807, 2.05) is 38.1 Å². The van der Waals surface area contributed by atoms with Crippen molar-refractivity contribution in [1.82, 2.24) is 0 Å². The number of rotatable bonds is 5. The molecule has 0 radical (unpaired) electrons. The highest BCUT2D eigenvalue weighted by molar-refractivity contribution is 8.04. The number of nitrogens with one attached hydrogen (secondary N) is 1. The van der Waals surface area contributed by atoms with Crippen molar-refractivity contribution in [3.05, 3.63) is 68.7 Å². The zero-order valence-electron chi connectivity index (χ0n) is 13.1. The smallest absolute Gasteiger partial charge is 0.168 e. The van der Waals surface area contributed by atoms with Crippen LogP contribution in [0.15, 0.2) is 58.0 Å². The maximum Gasteiger partial charge on any atom is 0.168 e. The minimum Gasteiger partial charge on any atom is -0.358 e. The third-order valence-electron chi connectivity index (χ3n) is 3.10. The number of halogens is 2. The monoisotopic (exact) mass is 365 g/mol. The minimum absolute atomic E-state index is 0.0109. The summed E-state index contributed by atoms with van der Waals surface area (Å²) in [6, 6.07) is 13.3. The Morgan fingerprint density at radius 3 is 2.09 bits per heavy atom. The molecule has 5 heteroatoms. The summed E-state index contributed by atoms with van der Waals surface area (Å²) in [5.74, 6) is -0.0109. The normalized spacial score (nSPS) is 11.9. The molecule has 0 spiro atoms. The molecule has 0 atom stereocenters. The molecular formula is C18H17Cl2NOS. The van der Waals surface area contributed by atoms with Crippen LogP contribution in [0.2, 0.25) is 10.0 Å². The fourth-order valence-electron chi connectivity index (χ4n) is 2.03. The Balaban J connectivity index is 2.28. The van der Waals surface area contributed by atoms with Gasteiger partial charge in [0.05, 0.1) is 4.91 Å². The molecule has 0 aliphatic carbocycles. The number of ketones is 1. The van der Waals surface area contributed by atoms with Crippen LogP contribution in [0, 0.1) is 6.92 Å². The standard InChI is InChI=1S/C18H17Cl2NOS/c1-11-4-6-16(7-5-11)21-12(2)18(13(3)22)23-17-9-14(19)8-15(20)10-17/h4-10,21H,1-3H3/b18-12+. The van der Waals surface area contributed by atoms with Gasteiger partial charge in [0.15, 0.2) is 5.78 Å². The number of hydrogen-bond acceptors (Lipinski definition) is 3. The topological polar surface area (TPSA) is 29.1 Å². The summed E-state index contributed by atoms with van der Waals surface area (Å²) in [6.07, 6.45) is 0. The van der Waals surface area contributed by atoms with Gasteiger partial charge in [-0.2, -0.15) is 0 Å². The summed E-state index contributed by atoms with van der Waals surface area (Å²) in [5.41, 5.74) is 2.92. The van der Waals surface area contributed by atoms with Crippen LogP contribution in [-0.2, 0) is 4.79 Å². The van der Waals surface area contributed by atoms with Gasteiger partial charge in [0, 0.05) is 26.3 Å². The highest BCUT2D eigenvalue weighted by atomic mass is 35.5. The number of thioether (sulfide) groups is 1. The molecule has 0 bridgehead atoms. The zero-order chi connectivity index (χ0) is 17.0. The van der Waals surface area contributed by atoms with Gasteiger partial charge in [-0.05, 0) is 51.1 Å². The Morgan fingerprint density at radius 2 is 1.57 bits per heavy atom. The minimum atomic E-state index is -0.0109. The highest BCUT2D eigenvalue weighted by Crippen LogP contribution is 2.33. The summed E-state index contributed by atoms with van der Waals surface area (Å²) in [7, 11) is 0. The Bertz CT molecular complexity index is 734. The second-order valence-electron chi connectivity index (χ2n) is 5.21. The molecule has 0 amide bonds. The molecule has 0 unspecified atom stereocenters. The van der Waals surface area contributed by atoms with Crippen LogP contribution in [0.1, 0.15) is 19.4 Å². The fourth-order valence-corrected chi connectivity index (χ4v) is 3.64. The van der Waals surface area contributed by atoms with Crippen molar-refractivity contribution in [2.75, 3.05) is 5.32 Å². The number of benzene rings is 2. The quantitative estimate of drug-likeness (QED) is 0.495. The molecule has 2 nitrogen and oxygen atoms in total. The van der Waals surface area contributed by atoms with E-state index in [2.05, 4.69) is 5.32 Å². The number of Topliss-reactive ketones (excluding diaryl/α,β-unsaturated/α-hetero) is 1. The van der Waals surface area contributed by atoms with Crippen LogP contribution < -0.4 is 5.32 Å². The van der Waals surface area contributed by atoms with Crippen molar-refractivity contribution >= 4 is 46.4 Å². The molecule has 1 N–H and O–H groups in total. The van der Waals surface area contributed by atoms with Gasteiger partial charge >= 0.3 is 0 Å². The largest absolute Gasteiger partial charge is 0.358 e. The third kappa shape index (κ3) is 5.31. The molecule has 0 saturated carbocycles.